The lowest BCUT2D eigenvalue weighted by Gasteiger charge is -2.34. The summed E-state index contributed by atoms with van der Waals surface area (Å²) in [6.07, 6.45) is 6.96. The highest BCUT2D eigenvalue weighted by Crippen LogP contribution is 2.19. The number of halogens is 1. The summed E-state index contributed by atoms with van der Waals surface area (Å²) in [5.74, 6) is 1.25. The van der Waals surface area contributed by atoms with Gasteiger partial charge in [0.05, 0.1) is 24.7 Å². The summed E-state index contributed by atoms with van der Waals surface area (Å²) in [4.78, 5) is 6.86. The first-order valence-electron chi connectivity index (χ1n) is 9.15. The molecule has 8 nitrogen and oxygen atoms in total. The van der Waals surface area contributed by atoms with Crippen molar-refractivity contribution in [2.24, 2.45) is 12.0 Å². The third kappa shape index (κ3) is 6.13. The van der Waals surface area contributed by atoms with Crippen LogP contribution in [0, 0.1) is 0 Å². The van der Waals surface area contributed by atoms with Crippen molar-refractivity contribution >= 4 is 35.6 Å². The van der Waals surface area contributed by atoms with Gasteiger partial charge in [0.2, 0.25) is 0 Å². The number of piperidine rings is 1. The lowest BCUT2D eigenvalue weighted by atomic mass is 10.1. The van der Waals surface area contributed by atoms with Gasteiger partial charge in [-0.05, 0) is 31.9 Å². The number of aliphatic hydroxyl groups excluding tert-OH is 1. The molecule has 1 fully saturated rings. The Labute approximate surface area is 177 Å². The standard InChI is InChI=1S/C18H28N6O2.HI/c1-3-19-18(20-11-16(25)17-7-5-9-26-17)22-14-6-4-8-24(12-14)15-10-21-23(2)13-15;/h5,7,9-10,13-14,16,25H,3-4,6,8,11-12H2,1-2H3,(H2,19,20,22);1H. The van der Waals surface area contributed by atoms with Crippen LogP contribution in [0.25, 0.3) is 0 Å². The Balaban J connectivity index is 0.00000261. The minimum Gasteiger partial charge on any atom is -0.467 e. The SMILES string of the molecule is CCNC(=NCC(O)c1ccco1)NC1CCCN(c2cnn(C)c2)C1.I. The molecular formula is C18H29IN6O2. The summed E-state index contributed by atoms with van der Waals surface area (Å²) in [7, 11) is 1.93. The predicted octanol–water partition coefficient (Wildman–Crippen LogP) is 1.89. The molecule has 3 N–H and O–H groups in total. The average molecular weight is 488 g/mol. The maximum atomic E-state index is 10.2. The van der Waals surface area contributed by atoms with E-state index in [-0.39, 0.29) is 30.5 Å². The second-order valence-electron chi connectivity index (χ2n) is 6.55. The first-order chi connectivity index (χ1) is 12.7. The summed E-state index contributed by atoms with van der Waals surface area (Å²) in [5, 5.41) is 21.2. The van der Waals surface area contributed by atoms with Gasteiger partial charge in [0, 0.05) is 38.9 Å². The summed E-state index contributed by atoms with van der Waals surface area (Å²) >= 11 is 0. The van der Waals surface area contributed by atoms with Crippen molar-refractivity contribution in [2.75, 3.05) is 31.1 Å². The third-order valence-electron chi connectivity index (χ3n) is 4.46. The van der Waals surface area contributed by atoms with Crippen LogP contribution in [-0.4, -0.2) is 53.1 Å². The monoisotopic (exact) mass is 488 g/mol. The van der Waals surface area contributed by atoms with Crippen LogP contribution in [0.5, 0.6) is 0 Å². The summed E-state index contributed by atoms with van der Waals surface area (Å²) in [6.45, 7) is 4.98. The van der Waals surface area contributed by atoms with Crippen LogP contribution in [0.3, 0.4) is 0 Å². The fraction of sp³-hybridized carbons (Fsp3) is 0.556. The van der Waals surface area contributed by atoms with Crippen LogP contribution in [0.1, 0.15) is 31.6 Å². The molecule has 2 unspecified atom stereocenters. The van der Waals surface area contributed by atoms with Gasteiger partial charge >= 0.3 is 0 Å². The second kappa shape index (κ2) is 10.5. The molecule has 0 aliphatic carbocycles. The van der Waals surface area contributed by atoms with E-state index < -0.39 is 6.10 Å². The number of aromatic nitrogens is 2. The van der Waals surface area contributed by atoms with Crippen LogP contribution in [-0.2, 0) is 7.05 Å². The number of aryl methyl sites for hydroxylation is 1. The molecule has 3 rings (SSSR count). The molecule has 1 aliphatic heterocycles. The maximum absolute atomic E-state index is 10.2. The number of rotatable bonds is 6. The van der Waals surface area contributed by atoms with Crippen molar-refractivity contribution in [3.63, 3.8) is 0 Å². The van der Waals surface area contributed by atoms with E-state index in [9.17, 15) is 5.11 Å². The Kier molecular flexibility index (Phi) is 8.42. The predicted molar refractivity (Wildman–Crippen MR) is 117 cm³/mol. The Morgan fingerprint density at radius 3 is 3.04 bits per heavy atom. The van der Waals surface area contributed by atoms with Crippen molar-refractivity contribution in [2.45, 2.75) is 31.9 Å². The molecule has 9 heteroatoms. The van der Waals surface area contributed by atoms with E-state index in [1.165, 1.54) is 0 Å². The van der Waals surface area contributed by atoms with E-state index in [0.29, 0.717) is 11.8 Å². The number of aliphatic hydroxyl groups is 1. The second-order valence-corrected chi connectivity index (χ2v) is 6.55. The van der Waals surface area contributed by atoms with Gasteiger partial charge in [-0.2, -0.15) is 5.10 Å². The first kappa shape index (κ1) is 21.5. The molecule has 2 aromatic rings. The van der Waals surface area contributed by atoms with Gasteiger partial charge in [0.15, 0.2) is 5.96 Å². The molecule has 2 atom stereocenters. The van der Waals surface area contributed by atoms with E-state index in [2.05, 4.69) is 25.6 Å². The van der Waals surface area contributed by atoms with Crippen LogP contribution in [0.4, 0.5) is 5.69 Å². The van der Waals surface area contributed by atoms with Gasteiger partial charge in [-0.1, -0.05) is 0 Å². The molecule has 0 spiro atoms. The molecule has 3 heterocycles. The largest absolute Gasteiger partial charge is 0.467 e. The lowest BCUT2D eigenvalue weighted by molar-refractivity contribution is 0.158. The van der Waals surface area contributed by atoms with E-state index >= 15 is 0 Å². The van der Waals surface area contributed by atoms with Gasteiger partial charge in [-0.25, -0.2) is 0 Å². The van der Waals surface area contributed by atoms with Gasteiger partial charge in [-0.3, -0.25) is 9.67 Å². The van der Waals surface area contributed by atoms with Crippen LogP contribution < -0.4 is 15.5 Å². The molecule has 1 aliphatic rings. The number of furan rings is 1. The Morgan fingerprint density at radius 1 is 1.52 bits per heavy atom. The third-order valence-corrected chi connectivity index (χ3v) is 4.46. The van der Waals surface area contributed by atoms with Crippen molar-refractivity contribution < 1.29 is 9.52 Å². The minimum atomic E-state index is -0.737. The molecule has 0 amide bonds. The summed E-state index contributed by atoms with van der Waals surface area (Å²) < 4.78 is 7.06. The van der Waals surface area contributed by atoms with Crippen molar-refractivity contribution in [1.82, 2.24) is 20.4 Å². The van der Waals surface area contributed by atoms with Gasteiger partial charge in [0.25, 0.3) is 0 Å². The van der Waals surface area contributed by atoms with Crippen molar-refractivity contribution in [1.29, 1.82) is 0 Å². The van der Waals surface area contributed by atoms with Gasteiger partial charge in [0.1, 0.15) is 11.9 Å². The molecule has 0 aromatic carbocycles. The molecule has 0 bridgehead atoms. The molecular weight excluding hydrogens is 459 g/mol. The Hall–Kier alpha value is -1.75. The van der Waals surface area contributed by atoms with Crippen LogP contribution in [0.2, 0.25) is 0 Å². The number of nitrogens with one attached hydrogen (secondary N) is 2. The molecule has 27 heavy (non-hydrogen) atoms. The van der Waals surface area contributed by atoms with Crippen LogP contribution >= 0.6 is 24.0 Å². The van der Waals surface area contributed by atoms with E-state index in [0.717, 1.165) is 44.1 Å². The molecule has 1 saturated heterocycles. The highest BCUT2D eigenvalue weighted by molar-refractivity contribution is 14.0. The quantitative estimate of drug-likeness (QED) is 0.327. The number of guanidine groups is 1. The Bertz CT molecular complexity index is 703. The molecule has 0 saturated carbocycles. The maximum Gasteiger partial charge on any atom is 0.191 e. The van der Waals surface area contributed by atoms with Gasteiger partial charge < -0.3 is 25.1 Å². The number of anilines is 1. The zero-order valence-electron chi connectivity index (χ0n) is 15.8. The summed E-state index contributed by atoms with van der Waals surface area (Å²) in [6, 6.07) is 3.82. The zero-order chi connectivity index (χ0) is 18.4. The number of hydrogen-bond donors (Lipinski definition) is 3. The molecule has 0 radical (unpaired) electrons. The van der Waals surface area contributed by atoms with E-state index in [1.807, 2.05) is 31.0 Å². The normalized spacial score (nSPS) is 18.7. The molecule has 150 valence electrons. The highest BCUT2D eigenvalue weighted by atomic mass is 127. The van der Waals surface area contributed by atoms with E-state index in [4.69, 9.17) is 4.42 Å². The fourth-order valence-electron chi connectivity index (χ4n) is 3.16. The topological polar surface area (TPSA) is 90.8 Å². The van der Waals surface area contributed by atoms with Crippen molar-refractivity contribution in [3.8, 4) is 0 Å². The Morgan fingerprint density at radius 2 is 2.37 bits per heavy atom. The number of aliphatic imine (C=N–C) groups is 1. The number of nitrogens with zero attached hydrogens (tertiary/aromatic N) is 4. The van der Waals surface area contributed by atoms with E-state index in [1.54, 1.807) is 18.4 Å². The zero-order valence-corrected chi connectivity index (χ0v) is 18.2. The number of hydrogen-bond acceptors (Lipinski definition) is 5. The highest BCUT2D eigenvalue weighted by Gasteiger charge is 2.22. The first-order valence-corrected chi connectivity index (χ1v) is 9.15. The fourth-order valence-corrected chi connectivity index (χ4v) is 3.16. The average Bonchev–Trinajstić information content (AvgIpc) is 3.31. The smallest absolute Gasteiger partial charge is 0.191 e. The lowest BCUT2D eigenvalue weighted by Crippen LogP contribution is -2.51. The summed E-state index contributed by atoms with van der Waals surface area (Å²) in [5.41, 5.74) is 1.15. The minimum absolute atomic E-state index is 0. The van der Waals surface area contributed by atoms with Gasteiger partial charge in [-0.15, -0.1) is 24.0 Å². The van der Waals surface area contributed by atoms with Crippen molar-refractivity contribution in [3.05, 3.63) is 36.5 Å². The molecule has 2 aromatic heterocycles. The van der Waals surface area contributed by atoms with Crippen LogP contribution in [0.15, 0.2) is 40.2 Å².